The van der Waals surface area contributed by atoms with Gasteiger partial charge in [0.2, 0.25) is 0 Å². The van der Waals surface area contributed by atoms with E-state index in [1.54, 1.807) is 18.5 Å². The highest BCUT2D eigenvalue weighted by atomic mass is 32.1. The third kappa shape index (κ3) is 8.47. The predicted octanol–water partition coefficient (Wildman–Crippen LogP) is 8.45. The highest BCUT2D eigenvalue weighted by Crippen LogP contribution is 2.39. The normalized spacial score (nSPS) is 13.3. The molecule has 1 unspecified atom stereocenters. The van der Waals surface area contributed by atoms with Crippen LogP contribution in [0, 0.1) is 11.3 Å². The molecule has 2 amide bonds. The van der Waals surface area contributed by atoms with E-state index in [-0.39, 0.29) is 11.9 Å². The molecular weight excluding hydrogens is 558 g/mol. The molecule has 9 heteroatoms. The van der Waals surface area contributed by atoms with Gasteiger partial charge in [-0.05, 0) is 67.9 Å². The van der Waals surface area contributed by atoms with Crippen LogP contribution in [-0.4, -0.2) is 38.6 Å². The molecule has 8 nitrogen and oxygen atoms in total. The Morgan fingerprint density at radius 3 is 2.44 bits per heavy atom. The van der Waals surface area contributed by atoms with Crippen molar-refractivity contribution in [3.8, 4) is 11.1 Å². The number of hydrogen-bond donors (Lipinski definition) is 3. The maximum atomic E-state index is 12.2. The van der Waals surface area contributed by atoms with E-state index in [4.69, 9.17) is 0 Å². The molecule has 0 spiro atoms. The number of amides is 2. The highest BCUT2D eigenvalue weighted by molar-refractivity contribution is 7.22. The quantitative estimate of drug-likeness (QED) is 0.119. The molecule has 0 radical (unpaired) electrons. The van der Waals surface area contributed by atoms with Crippen molar-refractivity contribution in [2.45, 2.75) is 66.7 Å². The summed E-state index contributed by atoms with van der Waals surface area (Å²) >= 11 is 1.43. The summed E-state index contributed by atoms with van der Waals surface area (Å²) in [5, 5.41) is 16.1. The smallest absolute Gasteiger partial charge is 0.321 e. The Labute approximate surface area is 258 Å². The molecule has 3 aromatic rings. The Morgan fingerprint density at radius 1 is 1.12 bits per heavy atom. The molecule has 1 atom stereocenters. The number of nitrogens with one attached hydrogen (secondary N) is 2. The lowest BCUT2D eigenvalue weighted by molar-refractivity contribution is -0.153. The lowest BCUT2D eigenvalue weighted by Crippen LogP contribution is -2.36. The summed E-state index contributed by atoms with van der Waals surface area (Å²) in [6.07, 6.45) is 14.2. The monoisotopic (exact) mass is 601 g/mol. The number of benzene rings is 1. The highest BCUT2D eigenvalue weighted by Gasteiger charge is 2.40. The molecule has 228 valence electrons. The second kappa shape index (κ2) is 15.4. The van der Waals surface area contributed by atoms with E-state index in [0.29, 0.717) is 43.2 Å². The Morgan fingerprint density at radius 2 is 1.84 bits per heavy atom. The number of carbonyl (C=O) groups is 2. The molecule has 0 saturated carbocycles. The molecule has 0 aliphatic carbocycles. The zero-order valence-electron chi connectivity index (χ0n) is 25.9. The maximum absolute atomic E-state index is 12.2. The van der Waals surface area contributed by atoms with Gasteiger partial charge in [-0.15, -0.1) is 0 Å². The molecule has 0 saturated heterocycles. The minimum Gasteiger partial charge on any atom is -0.481 e. The van der Waals surface area contributed by atoms with Crippen molar-refractivity contribution in [2.24, 2.45) is 11.3 Å². The van der Waals surface area contributed by atoms with Crippen molar-refractivity contribution in [3.05, 3.63) is 78.9 Å². The summed E-state index contributed by atoms with van der Waals surface area (Å²) < 4.78 is 0.965. The van der Waals surface area contributed by atoms with Crippen LogP contribution in [0.2, 0.25) is 0 Å². The number of allylic oxidation sites excluding steroid dienone is 6. The molecule has 2 heterocycles. The zero-order valence-corrected chi connectivity index (χ0v) is 26.7. The largest absolute Gasteiger partial charge is 0.481 e. The number of fused-ring (bicyclic) bond motifs is 1. The molecule has 0 aliphatic rings. The Bertz CT molecular complexity index is 1520. The molecule has 3 N–H and O–H groups in total. The topological polar surface area (TPSA) is 117 Å². The van der Waals surface area contributed by atoms with Gasteiger partial charge >= 0.3 is 12.0 Å². The molecule has 2 aromatic heterocycles. The van der Waals surface area contributed by atoms with Gasteiger partial charge in [0, 0.05) is 30.9 Å². The summed E-state index contributed by atoms with van der Waals surface area (Å²) in [5.74, 6) is -0.0584. The molecule has 3 rings (SSSR count). The van der Waals surface area contributed by atoms with Gasteiger partial charge in [0.05, 0.1) is 15.6 Å². The van der Waals surface area contributed by atoms with Crippen LogP contribution in [-0.2, 0) is 11.2 Å². The van der Waals surface area contributed by atoms with Gasteiger partial charge < -0.3 is 10.4 Å². The zero-order chi connectivity index (χ0) is 31.6. The first-order valence-corrected chi connectivity index (χ1v) is 15.5. The number of rotatable bonds is 15. The Balaban J connectivity index is 1.86. The van der Waals surface area contributed by atoms with Crippen LogP contribution in [0.25, 0.3) is 26.9 Å². The van der Waals surface area contributed by atoms with Gasteiger partial charge in [-0.2, -0.15) is 0 Å². The number of nitrogens with zero attached hydrogens (tertiary/aromatic N) is 3. The molecule has 43 heavy (non-hydrogen) atoms. The van der Waals surface area contributed by atoms with Crippen molar-refractivity contribution in [3.63, 3.8) is 0 Å². The van der Waals surface area contributed by atoms with Crippen LogP contribution in [0.1, 0.15) is 71.7 Å². The first-order chi connectivity index (χ1) is 20.5. The van der Waals surface area contributed by atoms with Crippen molar-refractivity contribution >= 4 is 44.3 Å². The number of thiazole rings is 1. The fourth-order valence-corrected chi connectivity index (χ4v) is 6.15. The van der Waals surface area contributed by atoms with Crippen LogP contribution in [0.4, 0.5) is 9.93 Å². The number of aliphatic carboxylic acids is 1. The number of anilines is 1. The third-order valence-corrected chi connectivity index (χ3v) is 8.68. The number of urea groups is 1. The van der Waals surface area contributed by atoms with Crippen LogP contribution < -0.4 is 10.6 Å². The van der Waals surface area contributed by atoms with Crippen LogP contribution >= 0.6 is 11.3 Å². The second-order valence-electron chi connectivity index (χ2n) is 11.0. The van der Waals surface area contributed by atoms with Crippen LogP contribution in [0.15, 0.2) is 67.6 Å². The van der Waals surface area contributed by atoms with Gasteiger partial charge in [0.1, 0.15) is 5.82 Å². The van der Waals surface area contributed by atoms with E-state index in [1.165, 1.54) is 11.3 Å². The number of hydrogen-bond acceptors (Lipinski definition) is 6. The van der Waals surface area contributed by atoms with Crippen molar-refractivity contribution in [2.75, 3.05) is 11.9 Å². The SMILES string of the molecule is C=CC=CC=C(C)c1cc(-c2cnc(CC(=C)CCC(CCC)(C(=O)O)C(C)C)nc2)cc2nc(NC(=O)NCC)sc12. The van der Waals surface area contributed by atoms with Crippen LogP contribution in [0.5, 0.6) is 0 Å². The minimum atomic E-state index is -0.752. The Hall–Kier alpha value is -4.11. The van der Waals surface area contributed by atoms with Gasteiger partial charge in [-0.1, -0.05) is 81.6 Å². The lowest BCUT2D eigenvalue weighted by Gasteiger charge is -2.33. The first-order valence-electron chi connectivity index (χ1n) is 14.7. The third-order valence-electron chi connectivity index (χ3n) is 7.66. The average molecular weight is 602 g/mol. The van der Waals surface area contributed by atoms with Gasteiger partial charge in [0.15, 0.2) is 5.13 Å². The number of aromatic nitrogens is 3. The van der Waals surface area contributed by atoms with Crippen molar-refractivity contribution in [1.82, 2.24) is 20.3 Å². The fraction of sp³-hybridized carbons (Fsp3) is 0.382. The molecule has 0 bridgehead atoms. The van der Waals surface area contributed by atoms with E-state index in [0.717, 1.165) is 44.5 Å². The summed E-state index contributed by atoms with van der Waals surface area (Å²) in [6, 6.07) is 3.78. The van der Waals surface area contributed by atoms with E-state index in [1.807, 2.05) is 58.9 Å². The summed E-state index contributed by atoms with van der Waals surface area (Å²) in [6.45, 7) is 18.4. The van der Waals surface area contributed by atoms with Crippen LogP contribution in [0.3, 0.4) is 0 Å². The predicted molar refractivity (Wildman–Crippen MR) is 178 cm³/mol. The molecule has 1 aromatic carbocycles. The number of carboxylic acid groups (broad SMARTS) is 1. The van der Waals surface area contributed by atoms with Gasteiger partial charge in [-0.25, -0.2) is 19.7 Å². The van der Waals surface area contributed by atoms with Gasteiger partial charge in [-0.3, -0.25) is 10.1 Å². The van der Waals surface area contributed by atoms with E-state index >= 15 is 0 Å². The van der Waals surface area contributed by atoms with E-state index in [9.17, 15) is 14.7 Å². The molecule has 0 fully saturated rings. The standard InChI is InChI=1S/C34H43N5O3S/c1-8-11-12-13-24(7)27-18-25(19-28-30(27)43-33(38-28)39-32(42)35-10-3)26-20-36-29(37-21-26)17-23(6)14-16-34(15-9-2,22(4)5)31(40)41/h8,11-13,18-22H,1,6,9-10,14-17H2,2-5,7H3,(H,40,41)(H2,35,38,39,42). The summed E-state index contributed by atoms with van der Waals surface area (Å²) in [4.78, 5) is 38.2. The van der Waals surface area contributed by atoms with E-state index in [2.05, 4.69) is 44.8 Å². The fourth-order valence-electron chi connectivity index (χ4n) is 5.13. The number of carboxylic acids is 1. The minimum absolute atomic E-state index is 0.0325. The molecular formula is C34H43N5O3S. The van der Waals surface area contributed by atoms with Crippen molar-refractivity contribution in [1.29, 1.82) is 0 Å². The van der Waals surface area contributed by atoms with Gasteiger partial charge in [0.25, 0.3) is 0 Å². The van der Waals surface area contributed by atoms with E-state index < -0.39 is 11.4 Å². The maximum Gasteiger partial charge on any atom is 0.321 e. The summed E-state index contributed by atoms with van der Waals surface area (Å²) in [7, 11) is 0. The lowest BCUT2D eigenvalue weighted by atomic mass is 9.70. The first kappa shape index (κ1) is 33.4. The Kier molecular flexibility index (Phi) is 11.9. The summed E-state index contributed by atoms with van der Waals surface area (Å²) in [5.41, 5.74) is 4.71. The number of carbonyl (C=O) groups excluding carboxylic acids is 1. The van der Waals surface area contributed by atoms with Crippen molar-refractivity contribution < 1.29 is 14.7 Å². The second-order valence-corrected chi connectivity index (χ2v) is 12.0. The molecule has 0 aliphatic heterocycles. The average Bonchev–Trinajstić information content (AvgIpc) is 3.37.